The molecule has 1 unspecified atom stereocenters. The number of likely N-dealkylation sites (tertiary alicyclic amines) is 1. The molecule has 0 aliphatic carbocycles. The number of nitrogens with zero attached hydrogens (tertiary/aromatic N) is 1. The average molecular weight is 471 g/mol. The number of carboxylic acid groups (broad SMARTS) is 1. The lowest BCUT2D eigenvalue weighted by molar-refractivity contribution is -0.144. The number of hydrogen-bond acceptors (Lipinski definition) is 3. The molecular formula is C21H18Cl3NO3S. The summed E-state index contributed by atoms with van der Waals surface area (Å²) in [6, 6.07) is 10.8. The molecule has 0 radical (unpaired) electrons. The van der Waals surface area contributed by atoms with E-state index in [1.807, 2.05) is 18.2 Å². The zero-order valence-electron chi connectivity index (χ0n) is 15.3. The average Bonchev–Trinajstić information content (AvgIpc) is 2.69. The number of piperidine rings is 1. The molecule has 1 amide bonds. The monoisotopic (exact) mass is 469 g/mol. The zero-order valence-corrected chi connectivity index (χ0v) is 18.4. The first kappa shape index (κ1) is 22.0. The van der Waals surface area contributed by atoms with Gasteiger partial charge in [-0.25, -0.2) is 0 Å². The fourth-order valence-corrected chi connectivity index (χ4v) is 4.68. The maximum absolute atomic E-state index is 12.4. The van der Waals surface area contributed by atoms with Crippen LogP contribution in [-0.4, -0.2) is 35.0 Å². The lowest BCUT2D eigenvalue weighted by Crippen LogP contribution is -2.41. The Hall–Kier alpha value is -1.66. The number of benzene rings is 2. The molecule has 1 aliphatic heterocycles. The predicted octanol–water partition coefficient (Wildman–Crippen LogP) is 6.13. The van der Waals surface area contributed by atoms with Gasteiger partial charge in [0, 0.05) is 34.0 Å². The Morgan fingerprint density at radius 2 is 1.76 bits per heavy atom. The standard InChI is InChI=1S/C21H18Cl3NO3S/c22-15-5-7-19(17(24)11-15)29-18-6-3-13(10-16(18)23)4-8-20(26)25-9-1-2-14(12-25)21(27)28/h3-8,10-11,14H,1-2,9,12H2,(H,27,28). The van der Waals surface area contributed by atoms with Crippen molar-refractivity contribution in [2.24, 2.45) is 5.92 Å². The van der Waals surface area contributed by atoms with Crippen molar-refractivity contribution in [2.45, 2.75) is 22.6 Å². The van der Waals surface area contributed by atoms with Crippen LogP contribution in [0.15, 0.2) is 52.3 Å². The Bertz CT molecular complexity index is 964. The first-order chi connectivity index (χ1) is 13.8. The molecule has 0 spiro atoms. The van der Waals surface area contributed by atoms with Crippen LogP contribution in [0.25, 0.3) is 6.08 Å². The highest BCUT2D eigenvalue weighted by atomic mass is 35.5. The number of carbonyl (C=O) groups is 2. The van der Waals surface area contributed by atoms with E-state index in [-0.39, 0.29) is 12.5 Å². The summed E-state index contributed by atoms with van der Waals surface area (Å²) in [5.41, 5.74) is 0.779. The van der Waals surface area contributed by atoms with Crippen LogP contribution in [0.5, 0.6) is 0 Å². The molecule has 4 nitrogen and oxygen atoms in total. The van der Waals surface area contributed by atoms with E-state index >= 15 is 0 Å². The number of halogens is 3. The minimum Gasteiger partial charge on any atom is -0.481 e. The number of aliphatic carboxylic acids is 1. The molecule has 29 heavy (non-hydrogen) atoms. The third kappa shape index (κ3) is 5.92. The molecule has 1 saturated heterocycles. The molecule has 1 heterocycles. The van der Waals surface area contributed by atoms with Gasteiger partial charge in [0.1, 0.15) is 0 Å². The Morgan fingerprint density at radius 1 is 1.07 bits per heavy atom. The van der Waals surface area contributed by atoms with Crippen LogP contribution >= 0.6 is 46.6 Å². The van der Waals surface area contributed by atoms with Crippen LogP contribution in [0.4, 0.5) is 0 Å². The highest BCUT2D eigenvalue weighted by Gasteiger charge is 2.27. The van der Waals surface area contributed by atoms with E-state index in [9.17, 15) is 9.59 Å². The maximum atomic E-state index is 12.4. The van der Waals surface area contributed by atoms with Crippen molar-refractivity contribution < 1.29 is 14.7 Å². The SMILES string of the molecule is O=C(O)C1CCCN(C(=O)C=Cc2ccc(Sc3ccc(Cl)cc3Cl)c(Cl)c2)C1. The number of rotatable bonds is 5. The van der Waals surface area contributed by atoms with Crippen LogP contribution < -0.4 is 0 Å². The van der Waals surface area contributed by atoms with Gasteiger partial charge in [0.15, 0.2) is 0 Å². The normalized spacial score (nSPS) is 16.9. The van der Waals surface area contributed by atoms with Gasteiger partial charge >= 0.3 is 5.97 Å². The van der Waals surface area contributed by atoms with E-state index < -0.39 is 11.9 Å². The van der Waals surface area contributed by atoms with Gasteiger partial charge in [-0.1, -0.05) is 52.6 Å². The van der Waals surface area contributed by atoms with E-state index in [0.29, 0.717) is 34.5 Å². The van der Waals surface area contributed by atoms with E-state index in [2.05, 4.69) is 0 Å². The van der Waals surface area contributed by atoms with Crippen LogP contribution in [0.2, 0.25) is 15.1 Å². The number of carboxylic acids is 1. The van der Waals surface area contributed by atoms with Crippen LogP contribution in [0, 0.1) is 5.92 Å². The van der Waals surface area contributed by atoms with E-state index in [0.717, 1.165) is 15.4 Å². The topological polar surface area (TPSA) is 57.6 Å². The summed E-state index contributed by atoms with van der Waals surface area (Å²) in [5.74, 6) is -1.54. The van der Waals surface area contributed by atoms with Gasteiger partial charge in [0.25, 0.3) is 0 Å². The van der Waals surface area contributed by atoms with Crippen LogP contribution in [0.1, 0.15) is 18.4 Å². The molecule has 0 aromatic heterocycles. The van der Waals surface area contributed by atoms with Crippen molar-refractivity contribution in [3.63, 3.8) is 0 Å². The number of hydrogen-bond donors (Lipinski definition) is 1. The third-order valence-electron chi connectivity index (χ3n) is 4.57. The highest BCUT2D eigenvalue weighted by molar-refractivity contribution is 7.99. The minimum absolute atomic E-state index is 0.196. The summed E-state index contributed by atoms with van der Waals surface area (Å²) in [4.78, 5) is 26.8. The number of carbonyl (C=O) groups excluding carboxylic acids is 1. The molecule has 1 fully saturated rings. The van der Waals surface area contributed by atoms with Gasteiger partial charge in [0.05, 0.1) is 16.0 Å². The molecule has 2 aromatic rings. The fraction of sp³-hybridized carbons (Fsp3) is 0.238. The van der Waals surface area contributed by atoms with Crippen molar-refractivity contribution in [1.82, 2.24) is 4.90 Å². The summed E-state index contributed by atoms with van der Waals surface area (Å²) in [6.45, 7) is 0.821. The molecular weight excluding hydrogens is 453 g/mol. The minimum atomic E-state index is -0.854. The molecule has 0 bridgehead atoms. The maximum Gasteiger partial charge on any atom is 0.308 e. The van der Waals surface area contributed by atoms with Crippen LogP contribution in [0.3, 0.4) is 0 Å². The van der Waals surface area contributed by atoms with E-state index in [4.69, 9.17) is 39.9 Å². The Morgan fingerprint density at radius 3 is 2.41 bits per heavy atom. The van der Waals surface area contributed by atoms with Gasteiger partial charge in [-0.3, -0.25) is 9.59 Å². The molecule has 1 N–H and O–H groups in total. The van der Waals surface area contributed by atoms with E-state index in [1.165, 1.54) is 17.8 Å². The fourth-order valence-electron chi connectivity index (χ4n) is 3.03. The largest absolute Gasteiger partial charge is 0.481 e. The Labute approximate surface area is 188 Å². The lowest BCUT2D eigenvalue weighted by atomic mass is 9.98. The smallest absolute Gasteiger partial charge is 0.308 e. The predicted molar refractivity (Wildman–Crippen MR) is 118 cm³/mol. The molecule has 1 aliphatic rings. The van der Waals surface area contributed by atoms with Gasteiger partial charge in [-0.15, -0.1) is 0 Å². The first-order valence-corrected chi connectivity index (χ1v) is 10.9. The summed E-state index contributed by atoms with van der Waals surface area (Å²) in [5, 5.41) is 10.8. The number of amides is 1. The second kappa shape index (κ2) is 9.90. The molecule has 8 heteroatoms. The van der Waals surface area contributed by atoms with Gasteiger partial charge in [0.2, 0.25) is 5.91 Å². The van der Waals surface area contributed by atoms with E-state index in [1.54, 1.807) is 29.2 Å². The first-order valence-electron chi connectivity index (χ1n) is 8.96. The zero-order chi connectivity index (χ0) is 21.0. The lowest BCUT2D eigenvalue weighted by Gasteiger charge is -2.29. The summed E-state index contributed by atoms with van der Waals surface area (Å²) >= 11 is 20.0. The molecule has 1 atom stereocenters. The summed E-state index contributed by atoms with van der Waals surface area (Å²) < 4.78 is 0. The van der Waals surface area contributed by atoms with Crippen molar-refractivity contribution in [3.05, 3.63) is 63.1 Å². The molecule has 3 rings (SSSR count). The quantitative estimate of drug-likeness (QED) is 0.534. The van der Waals surface area contributed by atoms with Crippen molar-refractivity contribution >= 4 is 64.5 Å². The van der Waals surface area contributed by atoms with Crippen molar-refractivity contribution in [3.8, 4) is 0 Å². The van der Waals surface area contributed by atoms with Crippen molar-refractivity contribution in [1.29, 1.82) is 0 Å². The summed E-state index contributed by atoms with van der Waals surface area (Å²) in [6.07, 6.45) is 4.44. The molecule has 152 valence electrons. The summed E-state index contributed by atoms with van der Waals surface area (Å²) in [7, 11) is 0. The Kier molecular flexibility index (Phi) is 7.52. The molecule has 2 aromatic carbocycles. The third-order valence-corrected chi connectivity index (χ3v) is 6.81. The van der Waals surface area contributed by atoms with Crippen molar-refractivity contribution in [2.75, 3.05) is 13.1 Å². The highest BCUT2D eigenvalue weighted by Crippen LogP contribution is 2.38. The van der Waals surface area contributed by atoms with Gasteiger partial charge in [-0.2, -0.15) is 0 Å². The van der Waals surface area contributed by atoms with Crippen LogP contribution in [-0.2, 0) is 9.59 Å². The van der Waals surface area contributed by atoms with Gasteiger partial charge < -0.3 is 10.0 Å². The second-order valence-corrected chi connectivity index (χ2v) is 9.00. The van der Waals surface area contributed by atoms with Gasteiger partial charge in [-0.05, 0) is 54.8 Å². The second-order valence-electron chi connectivity index (χ2n) is 6.66. The molecule has 0 saturated carbocycles. The Balaban J connectivity index is 1.66.